The Labute approximate surface area is 118 Å². The van der Waals surface area contributed by atoms with Crippen LogP contribution in [-0.2, 0) is 9.53 Å². The lowest BCUT2D eigenvalue weighted by molar-refractivity contribution is -0.274. The monoisotopic (exact) mass is 306 g/mol. The fraction of sp³-hybridized carbons (Fsp3) is 0.308. The SMILES string of the molecule is CCOC(=O)CC#Cc1ccc(OC(F)(F)F)cc1Cl. The lowest BCUT2D eigenvalue weighted by Crippen LogP contribution is -2.17. The van der Waals surface area contributed by atoms with Crippen molar-refractivity contribution in [3.8, 4) is 17.6 Å². The molecule has 108 valence electrons. The number of carbonyl (C=O) groups is 1. The molecular formula is C13H10ClF3O3. The number of ether oxygens (including phenoxy) is 2. The lowest BCUT2D eigenvalue weighted by atomic mass is 10.2. The molecule has 0 radical (unpaired) electrons. The Balaban J connectivity index is 2.74. The highest BCUT2D eigenvalue weighted by atomic mass is 35.5. The highest BCUT2D eigenvalue weighted by Gasteiger charge is 2.31. The molecule has 0 amide bonds. The van der Waals surface area contributed by atoms with Crippen molar-refractivity contribution < 1.29 is 27.4 Å². The number of carbonyl (C=O) groups excluding carboxylic acids is 1. The second-order valence-electron chi connectivity index (χ2n) is 3.47. The van der Waals surface area contributed by atoms with Crippen molar-refractivity contribution in [2.24, 2.45) is 0 Å². The van der Waals surface area contributed by atoms with Gasteiger partial charge in [-0.1, -0.05) is 23.4 Å². The summed E-state index contributed by atoms with van der Waals surface area (Å²) in [7, 11) is 0. The molecule has 0 aliphatic carbocycles. The van der Waals surface area contributed by atoms with E-state index >= 15 is 0 Å². The van der Waals surface area contributed by atoms with Gasteiger partial charge in [-0.2, -0.15) is 0 Å². The zero-order valence-corrected chi connectivity index (χ0v) is 11.1. The number of hydrogen-bond acceptors (Lipinski definition) is 3. The van der Waals surface area contributed by atoms with E-state index in [9.17, 15) is 18.0 Å². The largest absolute Gasteiger partial charge is 0.573 e. The molecule has 0 atom stereocenters. The molecule has 0 aliphatic rings. The topological polar surface area (TPSA) is 35.5 Å². The quantitative estimate of drug-likeness (QED) is 0.633. The Kier molecular flexibility index (Phi) is 5.71. The van der Waals surface area contributed by atoms with Crippen molar-refractivity contribution >= 4 is 17.6 Å². The predicted molar refractivity (Wildman–Crippen MR) is 66.3 cm³/mol. The van der Waals surface area contributed by atoms with Gasteiger partial charge in [0, 0.05) is 11.6 Å². The Bertz CT molecular complexity index is 544. The van der Waals surface area contributed by atoms with Gasteiger partial charge in [0.25, 0.3) is 0 Å². The van der Waals surface area contributed by atoms with Crippen LogP contribution in [-0.4, -0.2) is 18.9 Å². The highest BCUT2D eigenvalue weighted by molar-refractivity contribution is 6.31. The maximum atomic E-state index is 12.0. The van der Waals surface area contributed by atoms with E-state index in [1.807, 2.05) is 0 Å². The summed E-state index contributed by atoms with van der Waals surface area (Å²) < 4.78 is 44.3. The second kappa shape index (κ2) is 7.06. The lowest BCUT2D eigenvalue weighted by Gasteiger charge is -2.09. The summed E-state index contributed by atoms with van der Waals surface area (Å²) in [5, 5.41) is 0.00288. The van der Waals surface area contributed by atoms with Crippen LogP contribution in [0.2, 0.25) is 5.02 Å². The summed E-state index contributed by atoms with van der Waals surface area (Å²) in [4.78, 5) is 11.0. The third-order valence-electron chi connectivity index (χ3n) is 1.94. The standard InChI is InChI=1S/C13H10ClF3O3/c1-2-19-12(18)5-3-4-9-6-7-10(8-11(9)14)20-13(15,16)17/h6-8H,2,5H2,1H3. The van der Waals surface area contributed by atoms with E-state index in [2.05, 4.69) is 21.3 Å². The van der Waals surface area contributed by atoms with Crippen molar-refractivity contribution in [1.29, 1.82) is 0 Å². The van der Waals surface area contributed by atoms with Crippen LogP contribution in [0.3, 0.4) is 0 Å². The molecule has 1 aromatic carbocycles. The predicted octanol–water partition coefficient (Wildman–Crippen LogP) is 3.54. The summed E-state index contributed by atoms with van der Waals surface area (Å²) in [6.07, 6.45) is -4.90. The Morgan fingerprint density at radius 2 is 2.10 bits per heavy atom. The highest BCUT2D eigenvalue weighted by Crippen LogP contribution is 2.27. The van der Waals surface area contributed by atoms with Crippen molar-refractivity contribution in [2.45, 2.75) is 19.7 Å². The van der Waals surface area contributed by atoms with E-state index in [-0.39, 0.29) is 18.1 Å². The molecule has 0 fully saturated rings. The van der Waals surface area contributed by atoms with Crippen LogP contribution in [0, 0.1) is 11.8 Å². The Morgan fingerprint density at radius 1 is 1.40 bits per heavy atom. The molecule has 3 nitrogen and oxygen atoms in total. The average molecular weight is 307 g/mol. The van der Waals surface area contributed by atoms with E-state index in [0.717, 1.165) is 12.1 Å². The van der Waals surface area contributed by atoms with E-state index in [1.54, 1.807) is 6.92 Å². The molecule has 0 aliphatic heterocycles. The molecule has 0 aromatic heterocycles. The molecule has 0 unspecified atom stereocenters. The minimum absolute atomic E-state index is 0.00288. The van der Waals surface area contributed by atoms with Crippen LogP contribution in [0.15, 0.2) is 18.2 Å². The number of halogens is 4. The molecule has 0 spiro atoms. The number of hydrogen-bond donors (Lipinski definition) is 0. The summed E-state index contributed by atoms with van der Waals surface area (Å²) in [5.41, 5.74) is 0.297. The maximum Gasteiger partial charge on any atom is 0.573 e. The van der Waals surface area contributed by atoms with Crippen LogP contribution in [0.25, 0.3) is 0 Å². The van der Waals surface area contributed by atoms with Crippen LogP contribution in [0.1, 0.15) is 18.9 Å². The van der Waals surface area contributed by atoms with E-state index in [1.165, 1.54) is 6.07 Å². The Hall–Kier alpha value is -1.87. The normalized spacial score (nSPS) is 10.4. The fourth-order valence-electron chi connectivity index (χ4n) is 1.22. The summed E-state index contributed by atoms with van der Waals surface area (Å²) in [5.74, 6) is 4.18. The molecule has 0 saturated carbocycles. The first kappa shape index (κ1) is 16.2. The van der Waals surface area contributed by atoms with Gasteiger partial charge in [0.2, 0.25) is 0 Å². The summed E-state index contributed by atoms with van der Waals surface area (Å²) in [6.45, 7) is 1.92. The maximum absolute atomic E-state index is 12.0. The van der Waals surface area contributed by atoms with E-state index in [0.29, 0.717) is 5.56 Å². The third kappa shape index (κ3) is 5.85. The summed E-state index contributed by atoms with van der Waals surface area (Å²) >= 11 is 5.77. The van der Waals surface area contributed by atoms with Crippen LogP contribution < -0.4 is 4.74 Å². The average Bonchev–Trinajstić information content (AvgIpc) is 2.30. The zero-order valence-electron chi connectivity index (χ0n) is 10.4. The number of benzene rings is 1. The summed E-state index contributed by atoms with van der Waals surface area (Å²) in [6, 6.07) is 3.37. The molecule has 0 N–H and O–H groups in total. The molecule has 1 aromatic rings. The minimum atomic E-state index is -4.78. The number of esters is 1. The first-order valence-corrected chi connectivity index (χ1v) is 5.89. The van der Waals surface area contributed by atoms with Gasteiger partial charge in [-0.25, -0.2) is 0 Å². The fourth-order valence-corrected chi connectivity index (χ4v) is 1.44. The van der Waals surface area contributed by atoms with Crippen molar-refractivity contribution in [3.63, 3.8) is 0 Å². The van der Waals surface area contributed by atoms with Crippen molar-refractivity contribution in [1.82, 2.24) is 0 Å². The Morgan fingerprint density at radius 3 is 2.65 bits per heavy atom. The third-order valence-corrected chi connectivity index (χ3v) is 2.25. The van der Waals surface area contributed by atoms with Gasteiger partial charge in [0.15, 0.2) is 0 Å². The van der Waals surface area contributed by atoms with Crippen LogP contribution >= 0.6 is 11.6 Å². The first-order valence-electron chi connectivity index (χ1n) is 5.51. The van der Waals surface area contributed by atoms with Gasteiger partial charge in [-0.15, -0.1) is 13.2 Å². The van der Waals surface area contributed by atoms with Crippen molar-refractivity contribution in [3.05, 3.63) is 28.8 Å². The van der Waals surface area contributed by atoms with Gasteiger partial charge >= 0.3 is 12.3 Å². The smallest absolute Gasteiger partial charge is 0.465 e. The van der Waals surface area contributed by atoms with Gasteiger partial charge in [0.05, 0.1) is 11.6 Å². The van der Waals surface area contributed by atoms with Gasteiger partial charge < -0.3 is 9.47 Å². The van der Waals surface area contributed by atoms with Crippen LogP contribution in [0.5, 0.6) is 5.75 Å². The molecule has 20 heavy (non-hydrogen) atoms. The van der Waals surface area contributed by atoms with Gasteiger partial charge in [0.1, 0.15) is 12.2 Å². The second-order valence-corrected chi connectivity index (χ2v) is 3.88. The van der Waals surface area contributed by atoms with Crippen LogP contribution in [0.4, 0.5) is 13.2 Å². The minimum Gasteiger partial charge on any atom is -0.465 e. The zero-order chi connectivity index (χ0) is 15.2. The van der Waals surface area contributed by atoms with Gasteiger partial charge in [-0.3, -0.25) is 4.79 Å². The molecule has 0 bridgehead atoms. The number of alkyl halides is 3. The number of rotatable bonds is 3. The first-order chi connectivity index (χ1) is 9.31. The molecule has 7 heteroatoms. The molecule has 1 rings (SSSR count). The molecule has 0 heterocycles. The molecular weight excluding hydrogens is 297 g/mol. The molecule has 0 saturated heterocycles. The van der Waals surface area contributed by atoms with Crippen molar-refractivity contribution in [2.75, 3.05) is 6.61 Å². The van der Waals surface area contributed by atoms with E-state index < -0.39 is 18.1 Å². The van der Waals surface area contributed by atoms with Gasteiger partial charge in [-0.05, 0) is 19.1 Å². The van der Waals surface area contributed by atoms with E-state index in [4.69, 9.17) is 11.6 Å².